The minimum absolute atomic E-state index is 0.115. The van der Waals surface area contributed by atoms with Crippen LogP contribution < -0.4 is 14.8 Å². The van der Waals surface area contributed by atoms with Crippen molar-refractivity contribution in [1.82, 2.24) is 0 Å². The van der Waals surface area contributed by atoms with Crippen molar-refractivity contribution in [2.75, 3.05) is 16.6 Å². The summed E-state index contributed by atoms with van der Waals surface area (Å²) in [5.41, 5.74) is 5.35. The Morgan fingerprint density at radius 2 is 1.55 bits per heavy atom. The maximum atomic E-state index is 12.8. The highest BCUT2D eigenvalue weighted by Crippen LogP contribution is 2.24. The summed E-state index contributed by atoms with van der Waals surface area (Å²) < 4.78 is 33.7. The number of anilines is 2. The molecule has 0 radical (unpaired) electrons. The molecule has 0 atom stereocenters. The minimum atomic E-state index is -3.74. The molecule has 0 heterocycles. The Hall–Kier alpha value is -3.32. The summed E-state index contributed by atoms with van der Waals surface area (Å²) in [6.07, 6.45) is 1.63. The summed E-state index contributed by atoms with van der Waals surface area (Å²) in [5, 5.41) is 2.95. The number of rotatable bonds is 9. The summed E-state index contributed by atoms with van der Waals surface area (Å²) in [5.74, 6) is 0.147. The number of hydrogen-bond acceptors (Lipinski definition) is 4. The largest absolute Gasteiger partial charge is 0.484 e. The molecular formula is C26H30N2O4S. The van der Waals surface area contributed by atoms with Crippen LogP contribution in [0.25, 0.3) is 0 Å². The lowest BCUT2D eigenvalue weighted by molar-refractivity contribution is -0.118. The lowest BCUT2D eigenvalue weighted by Crippen LogP contribution is -2.21. The minimum Gasteiger partial charge on any atom is -0.484 e. The molecule has 1 amide bonds. The molecule has 0 aliphatic carbocycles. The van der Waals surface area contributed by atoms with Gasteiger partial charge in [0.1, 0.15) is 5.75 Å². The van der Waals surface area contributed by atoms with E-state index < -0.39 is 10.0 Å². The lowest BCUT2D eigenvalue weighted by Gasteiger charge is -2.15. The Morgan fingerprint density at radius 1 is 0.909 bits per heavy atom. The normalized spacial score (nSPS) is 11.2. The first-order valence-corrected chi connectivity index (χ1v) is 12.4. The van der Waals surface area contributed by atoms with Gasteiger partial charge in [-0.2, -0.15) is 0 Å². The van der Waals surface area contributed by atoms with Crippen molar-refractivity contribution in [3.63, 3.8) is 0 Å². The van der Waals surface area contributed by atoms with Crippen LogP contribution in [0.15, 0.2) is 65.6 Å². The van der Waals surface area contributed by atoms with Crippen molar-refractivity contribution < 1.29 is 17.9 Å². The van der Waals surface area contributed by atoms with Crippen LogP contribution in [0.2, 0.25) is 0 Å². The zero-order valence-electron chi connectivity index (χ0n) is 19.4. The Kier molecular flexibility index (Phi) is 7.76. The second kappa shape index (κ2) is 10.5. The maximum absolute atomic E-state index is 12.8. The van der Waals surface area contributed by atoms with Crippen LogP contribution in [0.3, 0.4) is 0 Å². The first-order chi connectivity index (χ1) is 15.7. The second-order valence-electron chi connectivity index (χ2n) is 7.89. The van der Waals surface area contributed by atoms with Crippen LogP contribution >= 0.6 is 0 Å². The van der Waals surface area contributed by atoms with Crippen molar-refractivity contribution in [1.29, 1.82) is 0 Å². The fourth-order valence-electron chi connectivity index (χ4n) is 3.49. The molecule has 3 aromatic rings. The van der Waals surface area contributed by atoms with E-state index in [1.807, 2.05) is 58.0 Å². The number of benzene rings is 3. The van der Waals surface area contributed by atoms with Gasteiger partial charge in [-0.15, -0.1) is 0 Å². The van der Waals surface area contributed by atoms with Crippen LogP contribution in [-0.2, 0) is 27.7 Å². The Morgan fingerprint density at radius 3 is 2.15 bits per heavy atom. The highest BCUT2D eigenvalue weighted by molar-refractivity contribution is 7.92. The molecule has 3 rings (SSSR count). The molecular weight excluding hydrogens is 436 g/mol. The van der Waals surface area contributed by atoms with Gasteiger partial charge in [0.05, 0.1) is 10.6 Å². The summed E-state index contributed by atoms with van der Waals surface area (Å²) in [7, 11) is -3.74. The number of sulfonamides is 1. The quantitative estimate of drug-likeness (QED) is 0.451. The molecule has 0 unspecified atom stereocenters. The SMILES string of the molecule is CCc1cccc(CC)c1NC(=O)COc1ccc(S(=O)(=O)Nc2cc(C)ccc2C)cc1. The van der Waals surface area contributed by atoms with Gasteiger partial charge in [-0.05, 0) is 79.3 Å². The van der Waals surface area contributed by atoms with E-state index in [-0.39, 0.29) is 17.4 Å². The molecule has 174 valence electrons. The summed E-state index contributed by atoms with van der Waals surface area (Å²) >= 11 is 0. The van der Waals surface area contributed by atoms with Crippen molar-refractivity contribution in [2.24, 2.45) is 0 Å². The van der Waals surface area contributed by atoms with Gasteiger partial charge in [-0.1, -0.05) is 44.2 Å². The molecule has 3 aromatic carbocycles. The molecule has 7 heteroatoms. The number of para-hydroxylation sites is 1. The van der Waals surface area contributed by atoms with Crippen LogP contribution in [0, 0.1) is 13.8 Å². The van der Waals surface area contributed by atoms with Crippen LogP contribution in [-0.4, -0.2) is 20.9 Å². The van der Waals surface area contributed by atoms with Gasteiger partial charge >= 0.3 is 0 Å². The van der Waals surface area contributed by atoms with Gasteiger partial charge in [0.25, 0.3) is 15.9 Å². The third-order valence-corrected chi connectivity index (χ3v) is 6.79. The van der Waals surface area contributed by atoms with E-state index >= 15 is 0 Å². The van der Waals surface area contributed by atoms with E-state index in [1.54, 1.807) is 18.2 Å². The van der Waals surface area contributed by atoms with Gasteiger partial charge in [-0.3, -0.25) is 9.52 Å². The van der Waals surface area contributed by atoms with Gasteiger partial charge < -0.3 is 10.1 Å². The summed E-state index contributed by atoms with van der Waals surface area (Å²) in [4.78, 5) is 12.6. The number of nitrogens with one attached hydrogen (secondary N) is 2. The number of aryl methyl sites for hydroxylation is 4. The second-order valence-corrected chi connectivity index (χ2v) is 9.57. The molecule has 0 spiro atoms. The Balaban J connectivity index is 1.64. The van der Waals surface area contributed by atoms with Crippen molar-refractivity contribution in [3.05, 3.63) is 82.9 Å². The van der Waals surface area contributed by atoms with E-state index in [4.69, 9.17) is 4.74 Å². The molecule has 0 aromatic heterocycles. The number of carbonyl (C=O) groups excluding carboxylic acids is 1. The zero-order valence-corrected chi connectivity index (χ0v) is 20.3. The monoisotopic (exact) mass is 466 g/mol. The highest BCUT2D eigenvalue weighted by atomic mass is 32.2. The third-order valence-electron chi connectivity index (χ3n) is 5.40. The van der Waals surface area contributed by atoms with Crippen LogP contribution in [0.4, 0.5) is 11.4 Å². The number of ether oxygens (including phenoxy) is 1. The van der Waals surface area contributed by atoms with E-state index in [0.29, 0.717) is 11.4 Å². The average molecular weight is 467 g/mol. The Bertz CT molecular complexity index is 1210. The van der Waals surface area contributed by atoms with E-state index in [1.165, 1.54) is 12.1 Å². The fraction of sp³-hybridized carbons (Fsp3) is 0.269. The predicted molar refractivity (Wildman–Crippen MR) is 132 cm³/mol. The van der Waals surface area contributed by atoms with Gasteiger partial charge in [0, 0.05) is 5.69 Å². The average Bonchev–Trinajstić information content (AvgIpc) is 2.80. The number of carbonyl (C=O) groups is 1. The van der Waals surface area contributed by atoms with E-state index in [2.05, 4.69) is 10.0 Å². The van der Waals surface area contributed by atoms with Gasteiger partial charge in [0.2, 0.25) is 0 Å². The highest BCUT2D eigenvalue weighted by Gasteiger charge is 2.16. The van der Waals surface area contributed by atoms with E-state index in [9.17, 15) is 13.2 Å². The lowest BCUT2D eigenvalue weighted by atomic mass is 10.0. The number of hydrogen-bond donors (Lipinski definition) is 2. The summed E-state index contributed by atoms with van der Waals surface area (Å²) in [6.45, 7) is 7.68. The first-order valence-electron chi connectivity index (χ1n) is 11.0. The molecule has 0 aliphatic rings. The molecule has 0 fully saturated rings. The number of amides is 1. The van der Waals surface area contributed by atoms with E-state index in [0.717, 1.165) is 40.8 Å². The zero-order chi connectivity index (χ0) is 24.0. The van der Waals surface area contributed by atoms with Crippen LogP contribution in [0.1, 0.15) is 36.1 Å². The molecule has 0 aliphatic heterocycles. The third kappa shape index (κ3) is 6.14. The van der Waals surface area contributed by atoms with Gasteiger partial charge in [0.15, 0.2) is 6.61 Å². The summed E-state index contributed by atoms with van der Waals surface area (Å²) in [6, 6.07) is 17.6. The molecule has 6 nitrogen and oxygen atoms in total. The first kappa shape index (κ1) is 24.3. The van der Waals surface area contributed by atoms with Crippen molar-refractivity contribution >= 4 is 27.3 Å². The molecule has 33 heavy (non-hydrogen) atoms. The fourth-order valence-corrected chi connectivity index (χ4v) is 4.61. The molecule has 0 saturated carbocycles. The smallest absolute Gasteiger partial charge is 0.262 e. The van der Waals surface area contributed by atoms with Gasteiger partial charge in [-0.25, -0.2) is 8.42 Å². The van der Waals surface area contributed by atoms with Crippen molar-refractivity contribution in [3.8, 4) is 5.75 Å². The molecule has 0 bridgehead atoms. The Labute approximate surface area is 196 Å². The van der Waals surface area contributed by atoms with Crippen LogP contribution in [0.5, 0.6) is 5.75 Å². The molecule has 0 saturated heterocycles. The topological polar surface area (TPSA) is 84.5 Å². The standard InChI is InChI=1S/C26H30N2O4S/c1-5-20-8-7-9-21(6-2)26(20)27-25(29)17-32-22-12-14-23(15-13-22)33(30,31)28-24-16-18(3)10-11-19(24)4/h7-16,28H,5-6,17H2,1-4H3,(H,27,29). The predicted octanol–water partition coefficient (Wildman–Crippen LogP) is 5.25. The maximum Gasteiger partial charge on any atom is 0.262 e. The van der Waals surface area contributed by atoms with Crippen molar-refractivity contribution in [2.45, 2.75) is 45.4 Å². The molecule has 2 N–H and O–H groups in total.